The maximum atomic E-state index is 12.7. The zero-order valence-corrected chi connectivity index (χ0v) is 16.1. The highest BCUT2D eigenvalue weighted by Crippen LogP contribution is 2.33. The molecule has 1 aromatic heterocycles. The molecule has 0 aliphatic carbocycles. The number of anilines is 1. The molecule has 2 aromatic rings. The number of hydrogen-bond donors (Lipinski definition) is 1. The van der Waals surface area contributed by atoms with Gasteiger partial charge in [0, 0.05) is 25.0 Å². The maximum Gasteiger partial charge on any atom is 0.268 e. The van der Waals surface area contributed by atoms with Crippen molar-refractivity contribution in [2.45, 2.75) is 29.6 Å². The Kier molecular flexibility index (Phi) is 5.41. The van der Waals surface area contributed by atoms with Crippen molar-refractivity contribution in [2.75, 3.05) is 24.5 Å². The average molecular weight is 379 g/mol. The van der Waals surface area contributed by atoms with Crippen molar-refractivity contribution in [1.29, 1.82) is 0 Å². The first-order valence-corrected chi connectivity index (χ1v) is 9.56. The molecule has 1 saturated heterocycles. The van der Waals surface area contributed by atoms with E-state index in [0.717, 1.165) is 30.8 Å². The van der Waals surface area contributed by atoms with Crippen LogP contribution in [0.2, 0.25) is 5.02 Å². The van der Waals surface area contributed by atoms with E-state index in [4.69, 9.17) is 17.3 Å². The number of halogens is 1. The van der Waals surface area contributed by atoms with E-state index in [2.05, 4.69) is 16.8 Å². The molecular formula is C18H23ClN4OS. The van der Waals surface area contributed by atoms with Gasteiger partial charge in [-0.05, 0) is 36.9 Å². The zero-order chi connectivity index (χ0) is 18.0. The fraction of sp³-hybridized carbons (Fsp3) is 0.444. The smallest absolute Gasteiger partial charge is 0.268 e. The normalized spacial score (nSPS) is 16.9. The molecule has 25 heavy (non-hydrogen) atoms. The van der Waals surface area contributed by atoms with E-state index in [1.54, 1.807) is 17.8 Å². The Hall–Kier alpha value is -1.50. The van der Waals surface area contributed by atoms with Gasteiger partial charge in [0.05, 0.1) is 16.1 Å². The minimum absolute atomic E-state index is 0.0536. The van der Waals surface area contributed by atoms with Gasteiger partial charge in [-0.3, -0.25) is 9.36 Å². The Morgan fingerprint density at radius 2 is 1.96 bits per heavy atom. The van der Waals surface area contributed by atoms with Crippen LogP contribution in [0.3, 0.4) is 0 Å². The van der Waals surface area contributed by atoms with Gasteiger partial charge in [-0.25, -0.2) is 4.98 Å². The van der Waals surface area contributed by atoms with Gasteiger partial charge in [0.25, 0.3) is 5.56 Å². The summed E-state index contributed by atoms with van der Waals surface area (Å²) in [6.07, 6.45) is 3.67. The van der Waals surface area contributed by atoms with Crippen molar-refractivity contribution < 1.29 is 0 Å². The third-order valence-electron chi connectivity index (χ3n) is 4.92. The van der Waals surface area contributed by atoms with E-state index in [0.29, 0.717) is 22.4 Å². The third-order valence-corrected chi connectivity index (χ3v) is 6.43. The average Bonchev–Trinajstić information content (AvgIpc) is 2.62. The van der Waals surface area contributed by atoms with Crippen LogP contribution in [0, 0.1) is 5.41 Å². The predicted molar refractivity (Wildman–Crippen MR) is 104 cm³/mol. The number of nitrogens with zero attached hydrogens (tertiary/aromatic N) is 3. The van der Waals surface area contributed by atoms with Crippen molar-refractivity contribution in [1.82, 2.24) is 9.55 Å². The van der Waals surface area contributed by atoms with Crippen LogP contribution in [0.5, 0.6) is 0 Å². The van der Waals surface area contributed by atoms with Gasteiger partial charge in [-0.2, -0.15) is 0 Å². The van der Waals surface area contributed by atoms with Gasteiger partial charge >= 0.3 is 0 Å². The van der Waals surface area contributed by atoms with Crippen LogP contribution in [0.25, 0.3) is 0 Å². The summed E-state index contributed by atoms with van der Waals surface area (Å²) in [6.45, 7) is 4.65. The molecule has 134 valence electrons. The summed E-state index contributed by atoms with van der Waals surface area (Å²) in [5, 5.41) is 0.635. The first-order chi connectivity index (χ1) is 11.9. The van der Waals surface area contributed by atoms with Gasteiger partial charge in [0.2, 0.25) is 5.95 Å². The lowest BCUT2D eigenvalue weighted by atomic mass is 9.81. The van der Waals surface area contributed by atoms with Crippen LogP contribution in [-0.4, -0.2) is 29.2 Å². The van der Waals surface area contributed by atoms with Crippen molar-refractivity contribution in [3.63, 3.8) is 0 Å². The van der Waals surface area contributed by atoms with Gasteiger partial charge in [-0.1, -0.05) is 42.4 Å². The molecule has 0 unspecified atom stereocenters. The molecule has 5 nitrogen and oxygen atoms in total. The van der Waals surface area contributed by atoms with Crippen molar-refractivity contribution >= 4 is 29.3 Å². The largest absolute Gasteiger partial charge is 0.342 e. The molecule has 0 bridgehead atoms. The lowest BCUT2D eigenvalue weighted by Gasteiger charge is -2.39. The van der Waals surface area contributed by atoms with E-state index >= 15 is 0 Å². The molecule has 0 amide bonds. The maximum absolute atomic E-state index is 12.7. The van der Waals surface area contributed by atoms with Crippen molar-refractivity contribution in [3.05, 3.63) is 45.8 Å². The number of piperidine rings is 1. The molecule has 0 saturated carbocycles. The SMILES string of the molecule is Cn1c(N2CCC(C)(CN)CC2)ncc(Sc2ccccc2Cl)c1=O. The van der Waals surface area contributed by atoms with E-state index in [-0.39, 0.29) is 11.0 Å². The zero-order valence-electron chi connectivity index (χ0n) is 14.5. The summed E-state index contributed by atoms with van der Waals surface area (Å²) in [6, 6.07) is 7.50. The minimum atomic E-state index is -0.0536. The van der Waals surface area contributed by atoms with Crippen molar-refractivity contribution in [3.8, 4) is 0 Å². The first-order valence-electron chi connectivity index (χ1n) is 8.37. The van der Waals surface area contributed by atoms with E-state index in [1.165, 1.54) is 11.8 Å². The number of aromatic nitrogens is 2. The Bertz CT molecular complexity index is 815. The van der Waals surface area contributed by atoms with E-state index in [9.17, 15) is 4.79 Å². The predicted octanol–water partition coefficient (Wildman–Crippen LogP) is 3.15. The lowest BCUT2D eigenvalue weighted by molar-refractivity contribution is 0.256. The Morgan fingerprint density at radius 1 is 1.28 bits per heavy atom. The molecule has 1 aliphatic heterocycles. The summed E-state index contributed by atoms with van der Waals surface area (Å²) in [5.41, 5.74) is 6.01. The Morgan fingerprint density at radius 3 is 2.60 bits per heavy atom. The molecule has 7 heteroatoms. The molecule has 3 rings (SSSR count). The van der Waals surface area contributed by atoms with Gasteiger partial charge in [0.15, 0.2) is 0 Å². The van der Waals surface area contributed by atoms with Crippen molar-refractivity contribution in [2.24, 2.45) is 18.2 Å². The fourth-order valence-electron chi connectivity index (χ4n) is 2.97. The van der Waals surface area contributed by atoms with Crippen LogP contribution in [-0.2, 0) is 7.05 Å². The van der Waals surface area contributed by atoms with E-state index < -0.39 is 0 Å². The standard InChI is InChI=1S/C18H23ClN4OS/c1-18(12-20)7-9-23(10-8-18)17-21-11-15(16(24)22(17)2)25-14-6-4-3-5-13(14)19/h3-6,11H,7-10,12,20H2,1-2H3. The van der Waals surface area contributed by atoms with Crippen LogP contribution in [0.4, 0.5) is 5.95 Å². The summed E-state index contributed by atoms with van der Waals surface area (Å²) in [4.78, 5) is 20.9. The van der Waals surface area contributed by atoms with E-state index in [1.807, 2.05) is 24.3 Å². The fourth-order valence-corrected chi connectivity index (χ4v) is 4.10. The van der Waals surface area contributed by atoms with Crippen LogP contribution in [0.15, 0.2) is 45.0 Å². The van der Waals surface area contributed by atoms with Gasteiger partial charge in [-0.15, -0.1) is 0 Å². The Balaban J connectivity index is 1.82. The highest BCUT2D eigenvalue weighted by atomic mass is 35.5. The second-order valence-corrected chi connectivity index (χ2v) is 8.31. The van der Waals surface area contributed by atoms with Gasteiger partial charge < -0.3 is 10.6 Å². The summed E-state index contributed by atoms with van der Waals surface area (Å²) < 4.78 is 1.63. The molecule has 2 heterocycles. The highest BCUT2D eigenvalue weighted by Gasteiger charge is 2.30. The molecule has 1 fully saturated rings. The monoisotopic (exact) mass is 378 g/mol. The second kappa shape index (κ2) is 7.40. The molecule has 0 spiro atoms. The topological polar surface area (TPSA) is 64.2 Å². The van der Waals surface area contributed by atoms with Crippen LogP contribution < -0.4 is 16.2 Å². The number of hydrogen-bond acceptors (Lipinski definition) is 5. The molecule has 2 N–H and O–H groups in total. The number of nitrogens with two attached hydrogens (primary N) is 1. The third kappa shape index (κ3) is 3.86. The molecule has 1 aliphatic rings. The lowest BCUT2D eigenvalue weighted by Crippen LogP contribution is -2.44. The summed E-state index contributed by atoms with van der Waals surface area (Å²) in [5.74, 6) is 0.715. The minimum Gasteiger partial charge on any atom is -0.342 e. The van der Waals surface area contributed by atoms with Gasteiger partial charge in [0.1, 0.15) is 0 Å². The summed E-state index contributed by atoms with van der Waals surface area (Å²) >= 11 is 7.54. The first kappa shape index (κ1) is 18.3. The Labute approximate surface area is 157 Å². The van der Waals surface area contributed by atoms with Crippen LogP contribution >= 0.6 is 23.4 Å². The quantitative estimate of drug-likeness (QED) is 0.885. The molecule has 0 atom stereocenters. The van der Waals surface area contributed by atoms with Crippen LogP contribution in [0.1, 0.15) is 19.8 Å². The summed E-state index contributed by atoms with van der Waals surface area (Å²) in [7, 11) is 1.78. The molecule has 0 radical (unpaired) electrons. The highest BCUT2D eigenvalue weighted by molar-refractivity contribution is 7.99. The number of benzene rings is 1. The molecule has 1 aromatic carbocycles. The molecular weight excluding hydrogens is 356 g/mol. The number of rotatable bonds is 4. The second-order valence-electron chi connectivity index (χ2n) is 6.82.